The molecule has 0 amide bonds. The molecule has 0 aliphatic rings. The van der Waals surface area contributed by atoms with Gasteiger partial charge in [0.15, 0.2) is 0 Å². The summed E-state index contributed by atoms with van der Waals surface area (Å²) in [6.45, 7) is 6.31. The van der Waals surface area contributed by atoms with E-state index in [1.54, 1.807) is 0 Å². The van der Waals surface area contributed by atoms with Crippen LogP contribution in [-0.4, -0.2) is 22.5 Å². The number of rotatable bonds is 9. The average Bonchev–Trinajstić information content (AvgIpc) is 2.72. The Kier molecular flexibility index (Phi) is 7.20. The molecule has 0 aromatic heterocycles. The second-order valence-electron chi connectivity index (χ2n) is 7.72. The lowest BCUT2D eigenvalue weighted by Gasteiger charge is -2.23. The summed E-state index contributed by atoms with van der Waals surface area (Å²) in [7, 11) is 0. The zero-order valence-corrected chi connectivity index (χ0v) is 17.2. The molecule has 3 heteroatoms. The Labute approximate surface area is 173 Å². The number of carboxylic acids is 1. The Balaban J connectivity index is 1.76. The molecule has 0 saturated heterocycles. The fraction of sp³-hybridized carbons (Fsp3) is 0.269. The van der Waals surface area contributed by atoms with Crippen molar-refractivity contribution < 1.29 is 9.90 Å². The minimum absolute atomic E-state index is 0.145. The minimum atomic E-state index is -0.759. The molecular formula is C26H29NO2. The van der Waals surface area contributed by atoms with Gasteiger partial charge >= 0.3 is 5.97 Å². The topological polar surface area (TPSA) is 40.5 Å². The van der Waals surface area contributed by atoms with Crippen molar-refractivity contribution in [3.63, 3.8) is 0 Å². The van der Waals surface area contributed by atoms with E-state index in [1.165, 1.54) is 27.8 Å². The van der Waals surface area contributed by atoms with E-state index in [0.717, 1.165) is 13.1 Å². The van der Waals surface area contributed by atoms with Gasteiger partial charge < -0.3 is 5.11 Å². The first-order valence-corrected chi connectivity index (χ1v) is 10.1. The SMILES string of the molecule is Cc1cccc(CN(CCC(=O)O)Cc2cccc(C(C)c3ccccc3)c2)c1. The lowest BCUT2D eigenvalue weighted by atomic mass is 9.92. The van der Waals surface area contributed by atoms with Crippen molar-refractivity contribution >= 4 is 5.97 Å². The molecule has 3 nitrogen and oxygen atoms in total. The van der Waals surface area contributed by atoms with Crippen LogP contribution in [0.2, 0.25) is 0 Å². The maximum Gasteiger partial charge on any atom is 0.304 e. The molecule has 3 aromatic rings. The minimum Gasteiger partial charge on any atom is -0.481 e. The third kappa shape index (κ3) is 6.30. The first-order valence-electron chi connectivity index (χ1n) is 10.1. The normalized spacial score (nSPS) is 12.1. The van der Waals surface area contributed by atoms with Crippen molar-refractivity contribution in [1.82, 2.24) is 4.90 Å². The van der Waals surface area contributed by atoms with Crippen LogP contribution in [0.5, 0.6) is 0 Å². The Hall–Kier alpha value is -2.91. The van der Waals surface area contributed by atoms with E-state index in [2.05, 4.69) is 91.5 Å². The van der Waals surface area contributed by atoms with Crippen LogP contribution in [0.3, 0.4) is 0 Å². The summed E-state index contributed by atoms with van der Waals surface area (Å²) >= 11 is 0. The van der Waals surface area contributed by atoms with Crippen LogP contribution in [0.25, 0.3) is 0 Å². The summed E-state index contributed by atoms with van der Waals surface area (Å²) in [4.78, 5) is 13.4. The van der Waals surface area contributed by atoms with Crippen molar-refractivity contribution in [2.45, 2.75) is 39.3 Å². The summed E-state index contributed by atoms with van der Waals surface area (Å²) in [5.41, 5.74) is 6.22. The zero-order chi connectivity index (χ0) is 20.6. The van der Waals surface area contributed by atoms with Gasteiger partial charge in [0.25, 0.3) is 0 Å². The van der Waals surface area contributed by atoms with E-state index in [0.29, 0.717) is 12.5 Å². The van der Waals surface area contributed by atoms with Crippen LogP contribution in [-0.2, 0) is 17.9 Å². The number of aliphatic carboxylic acids is 1. The number of aryl methyl sites for hydroxylation is 1. The molecule has 0 radical (unpaired) electrons. The molecule has 1 N–H and O–H groups in total. The quantitative estimate of drug-likeness (QED) is 0.518. The first-order chi connectivity index (χ1) is 14.0. The van der Waals surface area contributed by atoms with Gasteiger partial charge in [-0.25, -0.2) is 0 Å². The Morgan fingerprint density at radius 2 is 1.48 bits per heavy atom. The lowest BCUT2D eigenvalue weighted by Crippen LogP contribution is -2.25. The number of carboxylic acid groups (broad SMARTS) is 1. The standard InChI is InChI=1S/C26H29NO2/c1-20-8-6-9-22(16-20)18-27(15-14-26(28)29)19-23-10-7-13-25(17-23)21(2)24-11-4-3-5-12-24/h3-13,16-17,21H,14-15,18-19H2,1-2H3,(H,28,29). The first kappa shape index (κ1) is 20.8. The van der Waals surface area contributed by atoms with Crippen LogP contribution >= 0.6 is 0 Å². The molecule has 0 heterocycles. The monoisotopic (exact) mass is 387 g/mol. The van der Waals surface area contributed by atoms with Gasteiger partial charge in [0.1, 0.15) is 0 Å². The molecule has 0 fully saturated rings. The van der Waals surface area contributed by atoms with Crippen LogP contribution in [0, 0.1) is 6.92 Å². The number of nitrogens with zero attached hydrogens (tertiary/aromatic N) is 1. The average molecular weight is 388 g/mol. The Morgan fingerprint density at radius 1 is 0.862 bits per heavy atom. The third-order valence-electron chi connectivity index (χ3n) is 5.29. The van der Waals surface area contributed by atoms with E-state index >= 15 is 0 Å². The van der Waals surface area contributed by atoms with Gasteiger partial charge in [-0.1, -0.05) is 91.3 Å². The molecular weight excluding hydrogens is 358 g/mol. The molecule has 0 aliphatic heterocycles. The molecule has 3 aromatic carbocycles. The number of hydrogen-bond donors (Lipinski definition) is 1. The second-order valence-corrected chi connectivity index (χ2v) is 7.72. The maximum atomic E-state index is 11.1. The second kappa shape index (κ2) is 10.0. The molecule has 0 bridgehead atoms. The van der Waals surface area contributed by atoms with Gasteiger partial charge in [0, 0.05) is 25.6 Å². The Morgan fingerprint density at radius 3 is 2.14 bits per heavy atom. The summed E-state index contributed by atoms with van der Waals surface area (Å²) in [5.74, 6) is -0.439. The summed E-state index contributed by atoms with van der Waals surface area (Å²) < 4.78 is 0. The van der Waals surface area contributed by atoms with Gasteiger partial charge in [-0.05, 0) is 29.2 Å². The van der Waals surface area contributed by atoms with E-state index in [-0.39, 0.29) is 6.42 Å². The van der Waals surface area contributed by atoms with Gasteiger partial charge in [-0.15, -0.1) is 0 Å². The molecule has 0 saturated carbocycles. The molecule has 150 valence electrons. The van der Waals surface area contributed by atoms with Gasteiger partial charge in [0.2, 0.25) is 0 Å². The van der Waals surface area contributed by atoms with E-state index in [1.807, 2.05) is 6.07 Å². The number of carbonyl (C=O) groups is 1. The van der Waals surface area contributed by atoms with Crippen molar-refractivity contribution in [2.24, 2.45) is 0 Å². The molecule has 0 aliphatic carbocycles. The highest BCUT2D eigenvalue weighted by Crippen LogP contribution is 2.25. The summed E-state index contributed by atoms with van der Waals surface area (Å²) in [5, 5.41) is 9.15. The molecule has 1 atom stereocenters. The van der Waals surface area contributed by atoms with Crippen molar-refractivity contribution in [3.8, 4) is 0 Å². The fourth-order valence-corrected chi connectivity index (χ4v) is 3.69. The van der Waals surface area contributed by atoms with Crippen LogP contribution in [0.1, 0.15) is 47.1 Å². The van der Waals surface area contributed by atoms with Crippen molar-refractivity contribution in [3.05, 3.63) is 107 Å². The molecule has 3 rings (SSSR count). The van der Waals surface area contributed by atoms with E-state index in [9.17, 15) is 4.79 Å². The number of benzene rings is 3. The predicted octanol–water partition coefficient (Wildman–Crippen LogP) is 5.62. The summed E-state index contributed by atoms with van der Waals surface area (Å²) in [6.07, 6.45) is 0.145. The maximum absolute atomic E-state index is 11.1. The number of hydrogen-bond acceptors (Lipinski definition) is 2. The Bertz CT molecular complexity index is 936. The summed E-state index contributed by atoms with van der Waals surface area (Å²) in [6, 6.07) is 27.6. The largest absolute Gasteiger partial charge is 0.481 e. The molecule has 29 heavy (non-hydrogen) atoms. The van der Waals surface area contributed by atoms with E-state index < -0.39 is 5.97 Å². The van der Waals surface area contributed by atoms with Crippen LogP contribution in [0.4, 0.5) is 0 Å². The van der Waals surface area contributed by atoms with Crippen LogP contribution in [0.15, 0.2) is 78.9 Å². The highest BCUT2D eigenvalue weighted by Gasteiger charge is 2.12. The molecule has 1 unspecified atom stereocenters. The highest BCUT2D eigenvalue weighted by atomic mass is 16.4. The van der Waals surface area contributed by atoms with Crippen LogP contribution < -0.4 is 0 Å². The zero-order valence-electron chi connectivity index (χ0n) is 17.2. The van der Waals surface area contributed by atoms with E-state index in [4.69, 9.17) is 5.11 Å². The predicted molar refractivity (Wildman–Crippen MR) is 118 cm³/mol. The van der Waals surface area contributed by atoms with Crippen molar-refractivity contribution in [2.75, 3.05) is 6.54 Å². The lowest BCUT2D eigenvalue weighted by molar-refractivity contribution is -0.137. The van der Waals surface area contributed by atoms with Gasteiger partial charge in [0.05, 0.1) is 6.42 Å². The van der Waals surface area contributed by atoms with Gasteiger partial charge in [-0.3, -0.25) is 9.69 Å². The highest BCUT2D eigenvalue weighted by molar-refractivity contribution is 5.66. The fourth-order valence-electron chi connectivity index (χ4n) is 3.69. The van der Waals surface area contributed by atoms with Gasteiger partial charge in [-0.2, -0.15) is 0 Å². The van der Waals surface area contributed by atoms with Crippen molar-refractivity contribution in [1.29, 1.82) is 0 Å². The third-order valence-corrected chi connectivity index (χ3v) is 5.29. The smallest absolute Gasteiger partial charge is 0.304 e. The molecule has 0 spiro atoms.